The van der Waals surface area contributed by atoms with E-state index >= 15 is 0 Å². The maximum atomic E-state index is 12.9. The maximum Gasteiger partial charge on any atom is 0.274 e. The molecule has 1 atom stereocenters. The third-order valence-electron chi connectivity index (χ3n) is 4.70. The molecule has 1 aromatic carbocycles. The summed E-state index contributed by atoms with van der Waals surface area (Å²) >= 11 is 0. The number of benzene rings is 1. The van der Waals surface area contributed by atoms with Gasteiger partial charge in [-0.05, 0) is 25.8 Å². The predicted octanol–water partition coefficient (Wildman–Crippen LogP) is 2.49. The first-order chi connectivity index (χ1) is 12.1. The molecule has 1 N–H and O–H groups in total. The number of hydrogen-bond donors (Lipinski definition) is 1. The smallest absolute Gasteiger partial charge is 0.274 e. The summed E-state index contributed by atoms with van der Waals surface area (Å²) in [7, 11) is 1.84. The number of hydrogen-bond acceptors (Lipinski definition) is 4. The standard InChI is InChI=1S/C18H20N6O/c1-12-11-14(22-23(12)2)18(25)24-10-6-9-15(24)17-19-16(20-21-17)13-7-4-3-5-8-13/h3-5,7-8,11,15H,6,9-10H2,1-2H3,(H,19,20,21). The summed E-state index contributed by atoms with van der Waals surface area (Å²) in [5.74, 6) is 1.34. The van der Waals surface area contributed by atoms with Crippen molar-refractivity contribution in [1.82, 2.24) is 29.9 Å². The van der Waals surface area contributed by atoms with Crippen LogP contribution in [0.25, 0.3) is 11.4 Å². The van der Waals surface area contributed by atoms with Gasteiger partial charge in [0.1, 0.15) is 5.82 Å². The summed E-state index contributed by atoms with van der Waals surface area (Å²) in [6.07, 6.45) is 1.82. The van der Waals surface area contributed by atoms with E-state index < -0.39 is 0 Å². The van der Waals surface area contributed by atoms with Gasteiger partial charge in [0.15, 0.2) is 11.5 Å². The number of carbonyl (C=O) groups is 1. The molecule has 4 rings (SSSR count). The van der Waals surface area contributed by atoms with E-state index in [1.807, 2.05) is 55.3 Å². The SMILES string of the molecule is Cc1cc(C(=O)N2CCCC2c2nc(-c3ccccc3)n[nH]2)nn1C. The summed E-state index contributed by atoms with van der Waals surface area (Å²) < 4.78 is 1.72. The maximum absolute atomic E-state index is 12.9. The lowest BCUT2D eigenvalue weighted by Gasteiger charge is -2.21. The molecule has 1 aliphatic rings. The summed E-state index contributed by atoms with van der Waals surface area (Å²) in [5, 5.41) is 11.7. The number of aromatic nitrogens is 5. The molecular weight excluding hydrogens is 316 g/mol. The Morgan fingerprint density at radius 2 is 2.08 bits per heavy atom. The molecule has 1 aliphatic heterocycles. The fourth-order valence-electron chi connectivity index (χ4n) is 3.25. The van der Waals surface area contributed by atoms with E-state index in [2.05, 4.69) is 20.3 Å². The van der Waals surface area contributed by atoms with Gasteiger partial charge in [-0.2, -0.15) is 10.2 Å². The quantitative estimate of drug-likeness (QED) is 0.797. The first-order valence-corrected chi connectivity index (χ1v) is 8.43. The highest BCUT2D eigenvalue weighted by molar-refractivity contribution is 5.92. The second kappa shape index (κ2) is 6.16. The minimum atomic E-state index is -0.0835. The first kappa shape index (κ1) is 15.6. The Balaban J connectivity index is 1.59. The minimum absolute atomic E-state index is 0.0520. The average Bonchev–Trinajstić information content (AvgIpc) is 3.35. The molecule has 1 amide bonds. The van der Waals surface area contributed by atoms with Gasteiger partial charge < -0.3 is 4.90 Å². The lowest BCUT2D eigenvalue weighted by molar-refractivity contribution is 0.0723. The van der Waals surface area contributed by atoms with Crippen molar-refractivity contribution in [1.29, 1.82) is 0 Å². The molecule has 3 heterocycles. The van der Waals surface area contributed by atoms with Gasteiger partial charge in [0.2, 0.25) is 0 Å². The zero-order chi connectivity index (χ0) is 17.4. The third-order valence-corrected chi connectivity index (χ3v) is 4.70. The van der Waals surface area contributed by atoms with Crippen LogP contribution < -0.4 is 0 Å². The van der Waals surface area contributed by atoms with E-state index in [-0.39, 0.29) is 11.9 Å². The van der Waals surface area contributed by atoms with E-state index in [1.165, 1.54) is 0 Å². The van der Waals surface area contributed by atoms with Crippen LogP contribution >= 0.6 is 0 Å². The fraction of sp³-hybridized carbons (Fsp3) is 0.333. The van der Waals surface area contributed by atoms with Gasteiger partial charge in [0, 0.05) is 24.8 Å². The lowest BCUT2D eigenvalue weighted by Crippen LogP contribution is -2.31. The van der Waals surface area contributed by atoms with Crippen LogP contribution in [0.1, 0.15) is 40.9 Å². The van der Waals surface area contributed by atoms with Crippen LogP contribution in [-0.4, -0.2) is 42.3 Å². The Hall–Kier alpha value is -2.96. The van der Waals surface area contributed by atoms with Crippen molar-refractivity contribution in [3.8, 4) is 11.4 Å². The van der Waals surface area contributed by atoms with E-state index in [0.29, 0.717) is 18.1 Å². The molecule has 1 unspecified atom stereocenters. The van der Waals surface area contributed by atoms with Crippen LogP contribution in [0.3, 0.4) is 0 Å². The zero-order valence-electron chi connectivity index (χ0n) is 14.3. The van der Waals surface area contributed by atoms with Crippen LogP contribution in [0.15, 0.2) is 36.4 Å². The van der Waals surface area contributed by atoms with Crippen molar-refractivity contribution in [2.45, 2.75) is 25.8 Å². The van der Waals surface area contributed by atoms with Gasteiger partial charge >= 0.3 is 0 Å². The van der Waals surface area contributed by atoms with E-state index in [1.54, 1.807) is 4.68 Å². The highest BCUT2D eigenvalue weighted by Gasteiger charge is 2.34. The Morgan fingerprint density at radius 1 is 1.28 bits per heavy atom. The number of carbonyl (C=O) groups excluding carboxylic acids is 1. The number of amides is 1. The van der Waals surface area contributed by atoms with E-state index in [0.717, 1.165) is 29.9 Å². The number of rotatable bonds is 3. The van der Waals surface area contributed by atoms with Gasteiger partial charge in [0.05, 0.1) is 6.04 Å². The molecule has 3 aromatic rings. The van der Waals surface area contributed by atoms with Crippen molar-refractivity contribution in [3.05, 3.63) is 53.6 Å². The molecule has 1 saturated heterocycles. The average molecular weight is 336 g/mol. The highest BCUT2D eigenvalue weighted by atomic mass is 16.2. The number of aryl methyl sites for hydroxylation is 2. The lowest BCUT2D eigenvalue weighted by atomic mass is 10.2. The fourth-order valence-corrected chi connectivity index (χ4v) is 3.25. The summed E-state index contributed by atoms with van der Waals surface area (Å²) in [5.41, 5.74) is 2.40. The molecule has 2 aromatic heterocycles. The van der Waals surface area contributed by atoms with Gasteiger partial charge in [-0.15, -0.1) is 0 Å². The molecule has 1 fully saturated rings. The van der Waals surface area contributed by atoms with Crippen molar-refractivity contribution >= 4 is 5.91 Å². The monoisotopic (exact) mass is 336 g/mol. The van der Waals surface area contributed by atoms with Gasteiger partial charge in [0.25, 0.3) is 5.91 Å². The van der Waals surface area contributed by atoms with Crippen molar-refractivity contribution in [2.75, 3.05) is 6.54 Å². The molecule has 128 valence electrons. The number of aromatic amines is 1. The van der Waals surface area contributed by atoms with Crippen molar-refractivity contribution in [3.63, 3.8) is 0 Å². The Kier molecular flexibility index (Phi) is 3.83. The summed E-state index contributed by atoms with van der Waals surface area (Å²) in [6.45, 7) is 2.65. The van der Waals surface area contributed by atoms with Crippen LogP contribution in [0.4, 0.5) is 0 Å². The molecule has 25 heavy (non-hydrogen) atoms. The molecule has 0 aliphatic carbocycles. The van der Waals surface area contributed by atoms with Crippen LogP contribution in [0.2, 0.25) is 0 Å². The van der Waals surface area contributed by atoms with Gasteiger partial charge in [-0.25, -0.2) is 4.98 Å². The zero-order valence-corrected chi connectivity index (χ0v) is 14.3. The van der Waals surface area contributed by atoms with Crippen molar-refractivity contribution in [2.24, 2.45) is 7.05 Å². The van der Waals surface area contributed by atoms with Gasteiger partial charge in [-0.3, -0.25) is 14.6 Å². The summed E-state index contributed by atoms with van der Waals surface area (Å²) in [6, 6.07) is 11.6. The molecule has 0 spiro atoms. The topological polar surface area (TPSA) is 79.7 Å². The Morgan fingerprint density at radius 3 is 2.80 bits per heavy atom. The molecule has 0 radical (unpaired) electrons. The molecular formula is C18H20N6O. The minimum Gasteiger partial charge on any atom is -0.327 e. The normalized spacial score (nSPS) is 17.2. The second-order valence-electron chi connectivity index (χ2n) is 6.36. The summed E-state index contributed by atoms with van der Waals surface area (Å²) in [4.78, 5) is 19.3. The first-order valence-electron chi connectivity index (χ1n) is 8.43. The largest absolute Gasteiger partial charge is 0.327 e. The van der Waals surface area contributed by atoms with E-state index in [4.69, 9.17) is 0 Å². The molecule has 0 saturated carbocycles. The second-order valence-corrected chi connectivity index (χ2v) is 6.36. The number of nitrogens with zero attached hydrogens (tertiary/aromatic N) is 5. The third kappa shape index (κ3) is 2.82. The number of H-pyrrole nitrogens is 1. The Labute approximate surface area is 145 Å². The van der Waals surface area contributed by atoms with Crippen molar-refractivity contribution < 1.29 is 4.79 Å². The number of nitrogens with one attached hydrogen (secondary N) is 1. The number of likely N-dealkylation sites (tertiary alicyclic amines) is 1. The Bertz CT molecular complexity index is 878. The van der Waals surface area contributed by atoms with Gasteiger partial charge in [-0.1, -0.05) is 30.3 Å². The molecule has 7 nitrogen and oxygen atoms in total. The molecule has 7 heteroatoms. The van der Waals surface area contributed by atoms with Crippen LogP contribution in [-0.2, 0) is 7.05 Å². The predicted molar refractivity (Wildman–Crippen MR) is 92.8 cm³/mol. The molecule has 0 bridgehead atoms. The van der Waals surface area contributed by atoms with E-state index in [9.17, 15) is 4.79 Å². The van der Waals surface area contributed by atoms with Crippen LogP contribution in [0.5, 0.6) is 0 Å². The van der Waals surface area contributed by atoms with Crippen LogP contribution in [0, 0.1) is 6.92 Å². The highest BCUT2D eigenvalue weighted by Crippen LogP contribution is 2.32.